The van der Waals surface area contributed by atoms with Crippen molar-refractivity contribution < 1.29 is 19.5 Å². The molecule has 0 aliphatic rings. The van der Waals surface area contributed by atoms with E-state index >= 15 is 0 Å². The van der Waals surface area contributed by atoms with Gasteiger partial charge in [-0.1, -0.05) is 51.9 Å². The zero-order chi connectivity index (χ0) is 16.8. The average molecular weight is 314 g/mol. The minimum absolute atomic E-state index is 0.0356. The standard InChI is InChI=1S/C16H30N2O4/c1-2-3-4-5-6-7-8-9-10-15(20)18-13(16(21)22)11-12-14(17)19/h13H,2-12H2,1H3,(H2,17,19)(H,18,20)(H,21,22)/t13-/m1/s1. The molecule has 0 spiro atoms. The maximum Gasteiger partial charge on any atom is 0.326 e. The van der Waals surface area contributed by atoms with E-state index in [-0.39, 0.29) is 18.7 Å². The molecule has 4 N–H and O–H groups in total. The number of nitrogens with two attached hydrogens (primary N) is 1. The first-order valence-corrected chi connectivity index (χ1v) is 8.27. The first-order valence-electron chi connectivity index (χ1n) is 8.27. The minimum Gasteiger partial charge on any atom is -0.480 e. The molecular formula is C16H30N2O4. The zero-order valence-corrected chi connectivity index (χ0v) is 13.6. The van der Waals surface area contributed by atoms with Crippen LogP contribution in [0.25, 0.3) is 0 Å². The number of aliphatic carboxylic acids is 1. The highest BCUT2D eigenvalue weighted by molar-refractivity contribution is 5.84. The summed E-state index contributed by atoms with van der Waals surface area (Å²) in [7, 11) is 0. The van der Waals surface area contributed by atoms with Gasteiger partial charge in [0.25, 0.3) is 0 Å². The summed E-state index contributed by atoms with van der Waals surface area (Å²) in [5.74, 6) is -1.98. The Labute approximate surface area is 132 Å². The first kappa shape index (κ1) is 20.4. The van der Waals surface area contributed by atoms with Crippen molar-refractivity contribution in [3.63, 3.8) is 0 Å². The third kappa shape index (κ3) is 12.2. The number of primary amides is 1. The number of carboxylic acid groups (broad SMARTS) is 1. The lowest BCUT2D eigenvalue weighted by atomic mass is 10.1. The molecule has 128 valence electrons. The van der Waals surface area contributed by atoms with Crippen LogP contribution in [0.5, 0.6) is 0 Å². The van der Waals surface area contributed by atoms with Crippen molar-refractivity contribution in [2.45, 2.75) is 83.6 Å². The molecule has 0 aliphatic carbocycles. The highest BCUT2D eigenvalue weighted by Crippen LogP contribution is 2.09. The third-order valence-electron chi connectivity index (χ3n) is 3.57. The van der Waals surface area contributed by atoms with Crippen molar-refractivity contribution in [2.75, 3.05) is 0 Å². The second kappa shape index (κ2) is 13.1. The van der Waals surface area contributed by atoms with Crippen LogP contribution >= 0.6 is 0 Å². The fraction of sp³-hybridized carbons (Fsp3) is 0.812. The smallest absolute Gasteiger partial charge is 0.326 e. The minimum atomic E-state index is -1.13. The molecule has 6 heteroatoms. The predicted molar refractivity (Wildman–Crippen MR) is 85.2 cm³/mol. The van der Waals surface area contributed by atoms with Gasteiger partial charge >= 0.3 is 5.97 Å². The summed E-state index contributed by atoms with van der Waals surface area (Å²) in [4.78, 5) is 33.3. The normalized spacial score (nSPS) is 11.9. The van der Waals surface area contributed by atoms with Crippen LogP contribution in [0.3, 0.4) is 0 Å². The number of nitrogens with one attached hydrogen (secondary N) is 1. The molecule has 0 unspecified atom stereocenters. The van der Waals surface area contributed by atoms with Crippen LogP contribution in [-0.2, 0) is 14.4 Å². The van der Waals surface area contributed by atoms with Crippen molar-refractivity contribution in [2.24, 2.45) is 5.73 Å². The molecule has 0 heterocycles. The molecule has 22 heavy (non-hydrogen) atoms. The van der Waals surface area contributed by atoms with E-state index in [1.54, 1.807) is 0 Å². The fourth-order valence-electron chi connectivity index (χ4n) is 2.23. The van der Waals surface area contributed by atoms with Crippen LogP contribution in [0.1, 0.15) is 77.6 Å². The number of hydrogen-bond donors (Lipinski definition) is 3. The second-order valence-corrected chi connectivity index (χ2v) is 5.69. The molecule has 0 bridgehead atoms. The summed E-state index contributed by atoms with van der Waals surface area (Å²) in [6.07, 6.45) is 9.41. The van der Waals surface area contributed by atoms with E-state index in [1.165, 1.54) is 32.1 Å². The largest absolute Gasteiger partial charge is 0.480 e. The van der Waals surface area contributed by atoms with Gasteiger partial charge in [-0.15, -0.1) is 0 Å². The Bertz CT molecular complexity index is 345. The van der Waals surface area contributed by atoms with Crippen LogP contribution in [0, 0.1) is 0 Å². The summed E-state index contributed by atoms with van der Waals surface area (Å²) < 4.78 is 0. The van der Waals surface area contributed by atoms with Crippen molar-refractivity contribution in [1.29, 1.82) is 0 Å². The lowest BCUT2D eigenvalue weighted by Gasteiger charge is -2.13. The lowest BCUT2D eigenvalue weighted by Crippen LogP contribution is -2.41. The molecule has 0 aromatic rings. The van der Waals surface area contributed by atoms with Crippen molar-refractivity contribution in [3.05, 3.63) is 0 Å². The van der Waals surface area contributed by atoms with E-state index in [0.29, 0.717) is 6.42 Å². The maximum absolute atomic E-state index is 11.7. The van der Waals surface area contributed by atoms with Gasteiger partial charge in [0.05, 0.1) is 0 Å². The van der Waals surface area contributed by atoms with E-state index < -0.39 is 17.9 Å². The lowest BCUT2D eigenvalue weighted by molar-refractivity contribution is -0.142. The Morgan fingerprint density at radius 3 is 2.00 bits per heavy atom. The monoisotopic (exact) mass is 314 g/mol. The Hall–Kier alpha value is -1.59. The van der Waals surface area contributed by atoms with Gasteiger partial charge in [-0.2, -0.15) is 0 Å². The Balaban J connectivity index is 3.72. The molecule has 0 saturated heterocycles. The summed E-state index contributed by atoms with van der Waals surface area (Å²) in [6, 6.07) is -1.03. The first-order chi connectivity index (χ1) is 10.5. The highest BCUT2D eigenvalue weighted by atomic mass is 16.4. The van der Waals surface area contributed by atoms with E-state index in [2.05, 4.69) is 12.2 Å². The maximum atomic E-state index is 11.7. The Kier molecular flexibility index (Phi) is 12.2. The topological polar surface area (TPSA) is 109 Å². The number of carboxylic acids is 1. The van der Waals surface area contributed by atoms with Gasteiger partial charge in [0.1, 0.15) is 6.04 Å². The van der Waals surface area contributed by atoms with Gasteiger partial charge in [0, 0.05) is 12.8 Å². The van der Waals surface area contributed by atoms with E-state index in [0.717, 1.165) is 19.3 Å². The molecule has 1 atom stereocenters. The summed E-state index contributed by atoms with van der Waals surface area (Å²) in [5, 5.41) is 11.4. The molecular weight excluding hydrogens is 284 g/mol. The molecule has 0 rings (SSSR count). The van der Waals surface area contributed by atoms with Crippen molar-refractivity contribution in [3.8, 4) is 0 Å². The highest BCUT2D eigenvalue weighted by Gasteiger charge is 2.20. The molecule has 0 aliphatic heterocycles. The van der Waals surface area contributed by atoms with Crippen molar-refractivity contribution >= 4 is 17.8 Å². The number of amides is 2. The number of carbonyl (C=O) groups excluding carboxylic acids is 2. The average Bonchev–Trinajstić information content (AvgIpc) is 2.45. The van der Waals surface area contributed by atoms with Gasteiger partial charge in [0.2, 0.25) is 11.8 Å². The quantitative estimate of drug-likeness (QED) is 0.427. The van der Waals surface area contributed by atoms with Crippen molar-refractivity contribution in [1.82, 2.24) is 5.32 Å². The van der Waals surface area contributed by atoms with Gasteiger partial charge in [-0.3, -0.25) is 9.59 Å². The molecule has 6 nitrogen and oxygen atoms in total. The Morgan fingerprint density at radius 2 is 1.50 bits per heavy atom. The van der Waals surface area contributed by atoms with Crippen LogP contribution < -0.4 is 11.1 Å². The predicted octanol–water partition coefficient (Wildman–Crippen LogP) is 2.35. The van der Waals surface area contributed by atoms with E-state index in [1.807, 2.05) is 0 Å². The molecule has 0 aromatic carbocycles. The molecule has 0 radical (unpaired) electrons. The van der Waals surface area contributed by atoms with Crippen LogP contribution in [-0.4, -0.2) is 28.9 Å². The third-order valence-corrected chi connectivity index (χ3v) is 3.57. The second-order valence-electron chi connectivity index (χ2n) is 5.69. The van der Waals surface area contributed by atoms with Gasteiger partial charge in [0.15, 0.2) is 0 Å². The fourth-order valence-corrected chi connectivity index (χ4v) is 2.23. The number of rotatable bonds is 14. The summed E-state index contributed by atoms with van der Waals surface area (Å²) >= 11 is 0. The SMILES string of the molecule is CCCCCCCCCCC(=O)N[C@H](CCC(N)=O)C(=O)O. The number of unbranched alkanes of at least 4 members (excludes halogenated alkanes) is 7. The Morgan fingerprint density at radius 1 is 0.955 bits per heavy atom. The van der Waals surface area contributed by atoms with Gasteiger partial charge in [-0.25, -0.2) is 4.79 Å². The zero-order valence-electron chi connectivity index (χ0n) is 13.6. The van der Waals surface area contributed by atoms with Crippen LogP contribution in [0.2, 0.25) is 0 Å². The molecule has 2 amide bonds. The number of hydrogen-bond acceptors (Lipinski definition) is 3. The van der Waals surface area contributed by atoms with Gasteiger partial charge in [-0.05, 0) is 12.8 Å². The molecule has 0 saturated carbocycles. The number of carbonyl (C=O) groups is 3. The van der Waals surface area contributed by atoms with Gasteiger partial charge < -0.3 is 16.2 Å². The summed E-state index contributed by atoms with van der Waals surface area (Å²) in [5.41, 5.74) is 4.98. The van der Waals surface area contributed by atoms with Crippen LogP contribution in [0.4, 0.5) is 0 Å². The van der Waals surface area contributed by atoms with E-state index in [4.69, 9.17) is 10.8 Å². The van der Waals surface area contributed by atoms with Crippen LogP contribution in [0.15, 0.2) is 0 Å². The molecule has 0 aromatic heterocycles. The van der Waals surface area contributed by atoms with E-state index in [9.17, 15) is 14.4 Å². The molecule has 0 fully saturated rings. The summed E-state index contributed by atoms with van der Waals surface area (Å²) in [6.45, 7) is 2.19.